The number of nitrogens with one attached hydrogen (secondary N) is 1. The lowest BCUT2D eigenvalue weighted by atomic mass is 10.0. The summed E-state index contributed by atoms with van der Waals surface area (Å²) in [6.07, 6.45) is 0. The molecule has 5 nitrogen and oxygen atoms in total. The van der Waals surface area contributed by atoms with Gasteiger partial charge in [0.25, 0.3) is 5.91 Å². The topological polar surface area (TPSA) is 61.8 Å². The first-order valence-electron chi connectivity index (χ1n) is 7.17. The van der Waals surface area contributed by atoms with Crippen LogP contribution in [0.5, 0.6) is 0 Å². The number of hydrogen-bond acceptors (Lipinski definition) is 3. The molecule has 24 heavy (non-hydrogen) atoms. The number of carbonyl (C=O) groups is 2. The predicted octanol–water partition coefficient (Wildman–Crippen LogP) is 2.94. The van der Waals surface area contributed by atoms with Gasteiger partial charge in [0.15, 0.2) is 5.92 Å². The SMILES string of the molecule is CC1=NN(c2ccccc2)C(=O)[C@@H]1C(=O)Nc1ccc(F)cc1F. The lowest BCUT2D eigenvalue weighted by Gasteiger charge is -2.14. The fraction of sp³-hybridized carbons (Fsp3) is 0.118. The van der Waals surface area contributed by atoms with E-state index >= 15 is 0 Å². The van der Waals surface area contributed by atoms with Crippen LogP contribution in [0.3, 0.4) is 0 Å². The zero-order chi connectivity index (χ0) is 17.3. The molecule has 0 aromatic heterocycles. The summed E-state index contributed by atoms with van der Waals surface area (Å²) < 4.78 is 26.6. The van der Waals surface area contributed by atoms with Gasteiger partial charge in [-0.1, -0.05) is 18.2 Å². The fourth-order valence-corrected chi connectivity index (χ4v) is 2.42. The smallest absolute Gasteiger partial charge is 0.265 e. The molecule has 0 spiro atoms. The van der Waals surface area contributed by atoms with Crippen molar-refractivity contribution >= 4 is 28.9 Å². The Morgan fingerprint density at radius 2 is 1.88 bits per heavy atom. The van der Waals surface area contributed by atoms with Crippen molar-refractivity contribution in [1.29, 1.82) is 0 Å². The number of carbonyl (C=O) groups excluding carboxylic acids is 2. The second-order valence-corrected chi connectivity index (χ2v) is 5.27. The fourth-order valence-electron chi connectivity index (χ4n) is 2.42. The Morgan fingerprint density at radius 3 is 2.54 bits per heavy atom. The van der Waals surface area contributed by atoms with Crippen LogP contribution in [-0.4, -0.2) is 17.5 Å². The number of rotatable bonds is 3. The minimum atomic E-state index is -1.16. The highest BCUT2D eigenvalue weighted by molar-refractivity contribution is 6.28. The number of anilines is 2. The molecule has 7 heteroatoms. The van der Waals surface area contributed by atoms with E-state index in [1.165, 1.54) is 0 Å². The maximum atomic E-state index is 13.7. The first-order chi connectivity index (χ1) is 11.5. The molecule has 0 radical (unpaired) electrons. The number of hydrogen-bond donors (Lipinski definition) is 1. The highest BCUT2D eigenvalue weighted by Gasteiger charge is 2.39. The zero-order valence-corrected chi connectivity index (χ0v) is 12.7. The number of halogens is 2. The van der Waals surface area contributed by atoms with Crippen LogP contribution >= 0.6 is 0 Å². The van der Waals surface area contributed by atoms with E-state index in [1.807, 2.05) is 0 Å². The van der Waals surface area contributed by atoms with Gasteiger partial charge < -0.3 is 5.32 Å². The van der Waals surface area contributed by atoms with Gasteiger partial charge in [0.1, 0.15) is 11.6 Å². The van der Waals surface area contributed by atoms with Crippen LogP contribution < -0.4 is 10.3 Å². The van der Waals surface area contributed by atoms with Crippen molar-refractivity contribution in [2.24, 2.45) is 11.0 Å². The molecule has 0 saturated heterocycles. The highest BCUT2D eigenvalue weighted by atomic mass is 19.1. The molecule has 1 N–H and O–H groups in total. The maximum Gasteiger partial charge on any atom is 0.265 e. The van der Waals surface area contributed by atoms with Gasteiger partial charge in [-0.05, 0) is 31.2 Å². The molecule has 3 rings (SSSR count). The lowest BCUT2D eigenvalue weighted by Crippen LogP contribution is -2.36. The minimum absolute atomic E-state index is 0.194. The van der Waals surface area contributed by atoms with Crippen molar-refractivity contribution in [2.75, 3.05) is 10.3 Å². The molecule has 0 unspecified atom stereocenters. The summed E-state index contributed by atoms with van der Waals surface area (Å²) in [5.74, 6) is -4.07. The molecule has 0 fully saturated rings. The predicted molar refractivity (Wildman–Crippen MR) is 85.5 cm³/mol. The van der Waals surface area contributed by atoms with E-state index in [-0.39, 0.29) is 5.69 Å². The van der Waals surface area contributed by atoms with Crippen molar-refractivity contribution < 1.29 is 18.4 Å². The first kappa shape index (κ1) is 15.8. The highest BCUT2D eigenvalue weighted by Crippen LogP contribution is 2.25. The normalized spacial score (nSPS) is 17.0. The van der Waals surface area contributed by atoms with E-state index in [2.05, 4.69) is 10.4 Å². The number of amides is 2. The summed E-state index contributed by atoms with van der Waals surface area (Å²) in [6.45, 7) is 1.55. The molecule has 2 amide bonds. The van der Waals surface area contributed by atoms with Crippen LogP contribution in [0.2, 0.25) is 0 Å². The third-order valence-corrected chi connectivity index (χ3v) is 3.58. The molecule has 2 aromatic carbocycles. The third-order valence-electron chi connectivity index (χ3n) is 3.58. The molecular formula is C17H13F2N3O2. The Kier molecular flexibility index (Phi) is 4.07. The maximum absolute atomic E-state index is 13.7. The lowest BCUT2D eigenvalue weighted by molar-refractivity contribution is -0.127. The van der Waals surface area contributed by atoms with E-state index in [0.29, 0.717) is 17.5 Å². The Bertz CT molecular complexity index is 837. The second-order valence-electron chi connectivity index (χ2n) is 5.27. The Morgan fingerprint density at radius 1 is 1.17 bits per heavy atom. The number of benzene rings is 2. The van der Waals surface area contributed by atoms with Crippen molar-refractivity contribution in [3.05, 3.63) is 60.2 Å². The van der Waals surface area contributed by atoms with Crippen LogP contribution in [0.1, 0.15) is 6.92 Å². The molecule has 0 bridgehead atoms. The van der Waals surface area contributed by atoms with Gasteiger partial charge in [0.2, 0.25) is 5.91 Å². The van der Waals surface area contributed by atoms with Crippen LogP contribution in [-0.2, 0) is 9.59 Å². The van der Waals surface area contributed by atoms with Crippen LogP contribution in [0.25, 0.3) is 0 Å². The monoisotopic (exact) mass is 329 g/mol. The Hall–Kier alpha value is -3.09. The van der Waals surface area contributed by atoms with Gasteiger partial charge in [0, 0.05) is 6.07 Å². The molecule has 1 heterocycles. The molecule has 0 saturated carbocycles. The van der Waals surface area contributed by atoms with E-state index < -0.39 is 29.4 Å². The van der Waals surface area contributed by atoms with Gasteiger partial charge in [-0.2, -0.15) is 10.1 Å². The van der Waals surface area contributed by atoms with E-state index in [9.17, 15) is 18.4 Å². The summed E-state index contributed by atoms with van der Waals surface area (Å²) in [4.78, 5) is 24.8. The van der Waals surface area contributed by atoms with E-state index in [4.69, 9.17) is 0 Å². The zero-order valence-electron chi connectivity index (χ0n) is 12.7. The molecule has 1 aliphatic heterocycles. The minimum Gasteiger partial charge on any atom is -0.323 e. The number of nitrogens with zero attached hydrogens (tertiary/aromatic N) is 2. The van der Waals surface area contributed by atoms with Gasteiger partial charge >= 0.3 is 0 Å². The first-order valence-corrected chi connectivity index (χ1v) is 7.17. The summed E-state index contributed by atoms with van der Waals surface area (Å²) in [5, 5.41) is 7.55. The van der Waals surface area contributed by atoms with Gasteiger partial charge in [0.05, 0.1) is 17.1 Å². The Labute approximate surface area is 136 Å². The number of para-hydroxylation sites is 1. The van der Waals surface area contributed by atoms with Crippen molar-refractivity contribution in [1.82, 2.24) is 0 Å². The number of hydrazone groups is 1. The summed E-state index contributed by atoms with van der Waals surface area (Å²) in [5.41, 5.74) is 0.633. The van der Waals surface area contributed by atoms with Crippen LogP contribution in [0.4, 0.5) is 20.2 Å². The molecule has 0 aliphatic carbocycles. The summed E-state index contributed by atoms with van der Waals surface area (Å²) >= 11 is 0. The Balaban J connectivity index is 1.81. The van der Waals surface area contributed by atoms with Crippen molar-refractivity contribution in [3.63, 3.8) is 0 Å². The average molecular weight is 329 g/mol. The summed E-state index contributed by atoms with van der Waals surface area (Å²) in [6, 6.07) is 11.4. The van der Waals surface area contributed by atoms with Crippen LogP contribution in [0, 0.1) is 17.6 Å². The second kappa shape index (κ2) is 6.19. The average Bonchev–Trinajstić information content (AvgIpc) is 2.85. The van der Waals surface area contributed by atoms with E-state index in [0.717, 1.165) is 17.1 Å². The van der Waals surface area contributed by atoms with Crippen molar-refractivity contribution in [2.45, 2.75) is 6.92 Å². The van der Waals surface area contributed by atoms with Gasteiger partial charge in [-0.3, -0.25) is 9.59 Å². The van der Waals surface area contributed by atoms with Crippen LogP contribution in [0.15, 0.2) is 53.6 Å². The van der Waals surface area contributed by atoms with Crippen molar-refractivity contribution in [3.8, 4) is 0 Å². The molecular weight excluding hydrogens is 316 g/mol. The largest absolute Gasteiger partial charge is 0.323 e. The van der Waals surface area contributed by atoms with E-state index in [1.54, 1.807) is 37.3 Å². The quantitative estimate of drug-likeness (QED) is 0.880. The summed E-state index contributed by atoms with van der Waals surface area (Å²) in [7, 11) is 0. The van der Waals surface area contributed by atoms with Gasteiger partial charge in [-0.25, -0.2) is 8.78 Å². The third kappa shape index (κ3) is 2.88. The standard InChI is InChI=1S/C17H13F2N3O2/c1-10-15(16(23)20-14-8-7-11(18)9-13(14)19)17(24)22(21-10)12-5-3-2-4-6-12/h2-9,15H,1H3,(H,20,23)/t15-/m0/s1. The molecule has 1 atom stereocenters. The van der Waals surface area contributed by atoms with Gasteiger partial charge in [-0.15, -0.1) is 0 Å². The molecule has 1 aliphatic rings. The molecule has 2 aromatic rings. The molecule has 122 valence electrons.